The van der Waals surface area contributed by atoms with Crippen molar-refractivity contribution in [1.29, 1.82) is 0 Å². The van der Waals surface area contributed by atoms with Gasteiger partial charge in [-0.1, -0.05) is 26.5 Å². The Labute approximate surface area is 605 Å². The minimum absolute atomic E-state index is 0.0199. The van der Waals surface area contributed by atoms with Crippen LogP contribution in [0.15, 0.2) is 48.6 Å². The Hall–Kier alpha value is -8.18. The molecule has 0 saturated carbocycles. The third kappa shape index (κ3) is 39.3. The van der Waals surface area contributed by atoms with Crippen molar-refractivity contribution in [2.24, 2.45) is 10.8 Å². The summed E-state index contributed by atoms with van der Waals surface area (Å²) in [7, 11) is 8.27. The maximum Gasteiger partial charge on any atom is 0.408 e. The van der Waals surface area contributed by atoms with Crippen molar-refractivity contribution < 1.29 is 124 Å². The Balaban J connectivity index is 0.00000182. The van der Waals surface area contributed by atoms with Gasteiger partial charge in [0.25, 0.3) is 11.4 Å². The van der Waals surface area contributed by atoms with Gasteiger partial charge in [-0.25, -0.2) is 28.8 Å². The van der Waals surface area contributed by atoms with Crippen molar-refractivity contribution in [3.8, 4) is 23.0 Å². The van der Waals surface area contributed by atoms with E-state index in [2.05, 4.69) is 33.3 Å². The molecule has 0 spiro atoms. The van der Waals surface area contributed by atoms with Crippen LogP contribution in [-0.2, 0) is 97.1 Å². The maximum absolute atomic E-state index is 12.8. The number of thioether (sulfide) groups is 2. The molecule has 0 aliphatic rings. The van der Waals surface area contributed by atoms with Gasteiger partial charge in [0.1, 0.15) is 62.9 Å². The van der Waals surface area contributed by atoms with Crippen LogP contribution in [0.2, 0.25) is 0 Å². The zero-order chi connectivity index (χ0) is 77.8. The Bertz CT molecular complexity index is 3020. The Morgan fingerprint density at radius 1 is 0.500 bits per heavy atom. The maximum atomic E-state index is 12.8. The number of nitro groups is 2. The summed E-state index contributed by atoms with van der Waals surface area (Å²) in [6.07, 6.45) is 0.740. The summed E-state index contributed by atoms with van der Waals surface area (Å²) in [4.78, 5) is 119. The standard InChI is InChI=1S/C36H58N2O14S.C25H36N2O11S.C7H12O3/c1-11-36(7,32(41)51-18-15-45-8)14-12-13-35(5,6)31(40)50-20-17-48-16-19-49-29-22-27(38(43)44)25(21-28(29)46-9)23-53-24-26(30(39)47-10)37-33(42)52-34(2,3)4;1-16(2)22(28)37-11-9-35-8-10-36-21-13-19(27(31)32)17(12-20(21)33-6)14-39-15-18(23(29)34-7)26-24(30)38-25(3,4)5;1-6(2)7(8)10-5-4-9-3/h21-22,26H,11-20,23-24H2,1-10H3,(H,37,42);12-13,18H,1,8-11,14-15H2,2-7H3,(H,26,30);1,4-5H2,2-3H3. The number of esters is 6. The van der Waals surface area contributed by atoms with Crippen molar-refractivity contribution in [2.45, 2.75) is 144 Å². The summed E-state index contributed by atoms with van der Waals surface area (Å²) in [5.74, 6) is -1.74. The average molecular weight is 1490 g/mol. The Kier molecular flexibility index (Phi) is 45.5. The molecule has 0 heterocycles. The van der Waals surface area contributed by atoms with Gasteiger partial charge in [0.15, 0.2) is 23.0 Å². The quantitative estimate of drug-likeness (QED) is 0.0155. The molecule has 34 heteroatoms. The van der Waals surface area contributed by atoms with Gasteiger partial charge in [0.05, 0.1) is 101 Å². The van der Waals surface area contributed by atoms with Gasteiger partial charge >= 0.3 is 48.0 Å². The number of nitrogens with one attached hydrogen (secondary N) is 2. The first kappa shape index (κ1) is 93.8. The molecule has 2 aromatic carbocycles. The molecule has 0 aromatic heterocycles. The van der Waals surface area contributed by atoms with E-state index in [1.54, 1.807) is 76.5 Å². The molecule has 102 heavy (non-hydrogen) atoms. The zero-order valence-electron chi connectivity index (χ0n) is 62.2. The van der Waals surface area contributed by atoms with E-state index in [-0.39, 0.29) is 140 Å². The normalized spacial score (nSPS) is 12.2. The first-order valence-corrected chi connectivity index (χ1v) is 34.5. The van der Waals surface area contributed by atoms with Crippen LogP contribution in [0, 0.1) is 31.1 Å². The monoisotopic (exact) mass is 1490 g/mol. The van der Waals surface area contributed by atoms with Gasteiger partial charge in [0.2, 0.25) is 0 Å². The number of carbonyl (C=O) groups excluding carboxylic acids is 8. The fourth-order valence-corrected chi connectivity index (χ4v) is 9.95. The van der Waals surface area contributed by atoms with Crippen LogP contribution >= 0.6 is 23.5 Å². The molecule has 2 N–H and O–H groups in total. The first-order chi connectivity index (χ1) is 47.8. The molecule has 0 fully saturated rings. The lowest BCUT2D eigenvalue weighted by atomic mass is 9.79. The van der Waals surface area contributed by atoms with E-state index < -0.39 is 74.1 Å². The number of rotatable bonds is 45. The van der Waals surface area contributed by atoms with Crippen LogP contribution in [0.5, 0.6) is 23.0 Å². The summed E-state index contributed by atoms with van der Waals surface area (Å²) in [5.41, 5.74) is -2.05. The van der Waals surface area contributed by atoms with Gasteiger partial charge in [-0.05, 0) is 108 Å². The van der Waals surface area contributed by atoms with Gasteiger partial charge in [0, 0.05) is 59.5 Å². The number of nitrogens with zero attached hydrogens (tertiary/aromatic N) is 2. The highest BCUT2D eigenvalue weighted by Crippen LogP contribution is 2.39. The van der Waals surface area contributed by atoms with Crippen LogP contribution in [0.1, 0.15) is 120 Å². The largest absolute Gasteiger partial charge is 0.493 e. The number of nitro benzene ring substituents is 2. The van der Waals surface area contributed by atoms with Crippen molar-refractivity contribution in [2.75, 3.05) is 133 Å². The highest BCUT2D eigenvalue weighted by Gasteiger charge is 2.36. The number of methoxy groups -OCH3 is 6. The predicted molar refractivity (Wildman–Crippen MR) is 378 cm³/mol. The summed E-state index contributed by atoms with van der Waals surface area (Å²) in [5, 5.41) is 28.6. The number of benzene rings is 2. The molecule has 3 atom stereocenters. The Morgan fingerprint density at radius 3 is 1.21 bits per heavy atom. The molecule has 3 unspecified atom stereocenters. The lowest BCUT2D eigenvalue weighted by molar-refractivity contribution is -0.385. The minimum Gasteiger partial charge on any atom is -0.493 e. The van der Waals surface area contributed by atoms with E-state index in [9.17, 15) is 58.6 Å². The van der Waals surface area contributed by atoms with Crippen molar-refractivity contribution >= 4 is 82.9 Å². The minimum atomic E-state index is -1.05. The van der Waals surface area contributed by atoms with Crippen LogP contribution in [-0.4, -0.2) is 215 Å². The van der Waals surface area contributed by atoms with E-state index in [1.165, 1.54) is 83.2 Å². The van der Waals surface area contributed by atoms with Crippen LogP contribution in [0.25, 0.3) is 0 Å². The number of hydrogen-bond acceptors (Lipinski definition) is 30. The third-order valence-corrected chi connectivity index (χ3v) is 15.7. The predicted octanol–water partition coefficient (Wildman–Crippen LogP) is 9.81. The summed E-state index contributed by atoms with van der Waals surface area (Å²) < 4.78 is 82.8. The van der Waals surface area contributed by atoms with Crippen LogP contribution in [0.4, 0.5) is 21.0 Å². The van der Waals surface area contributed by atoms with Crippen LogP contribution in [0.3, 0.4) is 0 Å². The molecule has 0 aliphatic carbocycles. The lowest BCUT2D eigenvalue weighted by Crippen LogP contribution is -2.45. The van der Waals surface area contributed by atoms with Crippen molar-refractivity contribution in [3.63, 3.8) is 0 Å². The molecule has 578 valence electrons. The molecule has 2 amide bonds. The topological polar surface area (TPSA) is 395 Å². The van der Waals surface area contributed by atoms with Crippen molar-refractivity contribution in [3.05, 3.63) is 79.9 Å². The first-order valence-electron chi connectivity index (χ1n) is 32.2. The van der Waals surface area contributed by atoms with Gasteiger partial charge < -0.3 is 86.4 Å². The molecular weight excluding hydrogens is 1380 g/mol. The van der Waals surface area contributed by atoms with E-state index in [1.807, 2.05) is 13.8 Å². The number of ether oxygens (including phenoxy) is 16. The number of carbonyl (C=O) groups is 8. The number of hydrogen-bond donors (Lipinski definition) is 2. The van der Waals surface area contributed by atoms with Crippen molar-refractivity contribution in [1.82, 2.24) is 10.6 Å². The van der Waals surface area contributed by atoms with Gasteiger partial charge in [-0.15, -0.1) is 0 Å². The van der Waals surface area contributed by atoms with Gasteiger partial charge in [-0.3, -0.25) is 29.8 Å². The molecule has 0 radical (unpaired) electrons. The third-order valence-electron chi connectivity index (χ3n) is 13.5. The highest BCUT2D eigenvalue weighted by molar-refractivity contribution is 7.98. The number of alkyl carbamates (subject to hydrolysis) is 2. The average Bonchev–Trinajstić information content (AvgIpc) is 0.828. The van der Waals surface area contributed by atoms with E-state index >= 15 is 0 Å². The van der Waals surface area contributed by atoms with Gasteiger partial charge in [-0.2, -0.15) is 23.5 Å². The molecular formula is C68H106N4O28S2. The second-order valence-corrected chi connectivity index (χ2v) is 27.0. The SMILES string of the molecule is C=C(C)C(=O)OCCOC.C=C(C)C(=O)OCCOCCOc1cc([N+](=O)[O-])c(CSCC(NC(=O)OC(C)(C)C)C(=O)OC)cc1OC.CCC(C)(CCCC(C)(C)C(=O)OCCOCCOc1cc([N+](=O)[O-])c(CSCC(NC(=O)OC(C)(C)C)C(=O)OC)cc1OC)C(=O)OCCOC. The molecule has 2 aromatic rings. The fraction of sp³-hybridized carbons (Fsp3) is 0.647. The summed E-state index contributed by atoms with van der Waals surface area (Å²) in [6.45, 7) is 29.5. The second kappa shape index (κ2) is 49.4. The second-order valence-electron chi connectivity index (χ2n) is 24.9. The molecule has 0 bridgehead atoms. The lowest BCUT2D eigenvalue weighted by Gasteiger charge is -2.28. The van der Waals surface area contributed by atoms with E-state index in [0.717, 1.165) is 0 Å². The summed E-state index contributed by atoms with van der Waals surface area (Å²) >= 11 is 2.34. The van der Waals surface area contributed by atoms with E-state index in [4.69, 9.17) is 66.3 Å². The summed E-state index contributed by atoms with van der Waals surface area (Å²) in [6, 6.07) is 3.39. The Morgan fingerprint density at radius 2 is 0.863 bits per heavy atom. The smallest absolute Gasteiger partial charge is 0.408 e. The van der Waals surface area contributed by atoms with E-state index in [0.29, 0.717) is 62.2 Å². The molecule has 0 saturated heterocycles. The van der Waals surface area contributed by atoms with Crippen LogP contribution < -0.4 is 29.6 Å². The fourth-order valence-electron chi connectivity index (χ4n) is 7.90. The zero-order valence-corrected chi connectivity index (χ0v) is 63.8. The number of amides is 2. The molecule has 2 rings (SSSR count). The highest BCUT2D eigenvalue weighted by atomic mass is 32.2. The molecule has 0 aliphatic heterocycles. The molecule has 32 nitrogen and oxygen atoms in total.